The van der Waals surface area contributed by atoms with Crippen LogP contribution in [-0.4, -0.2) is 39.1 Å². The van der Waals surface area contributed by atoms with Gasteiger partial charge < -0.3 is 14.7 Å². The fourth-order valence-electron chi connectivity index (χ4n) is 3.11. The van der Waals surface area contributed by atoms with Crippen LogP contribution in [0.1, 0.15) is 24.7 Å². The van der Waals surface area contributed by atoms with Gasteiger partial charge in [-0.25, -0.2) is 4.79 Å². The Morgan fingerprint density at radius 2 is 2.07 bits per heavy atom. The first-order chi connectivity index (χ1) is 13.2. The van der Waals surface area contributed by atoms with Gasteiger partial charge in [0.15, 0.2) is 0 Å². The van der Waals surface area contributed by atoms with Crippen LogP contribution in [0.25, 0.3) is 11.4 Å². The number of halogens is 1. The minimum atomic E-state index is -0.128. The Kier molecular flexibility index (Phi) is 5.02. The third-order valence-corrected chi connectivity index (χ3v) is 4.80. The molecule has 0 radical (unpaired) electrons. The maximum Gasteiger partial charge on any atom is 0.321 e. The Labute approximate surface area is 161 Å². The van der Waals surface area contributed by atoms with Crippen molar-refractivity contribution in [1.82, 2.24) is 20.0 Å². The summed E-state index contributed by atoms with van der Waals surface area (Å²) in [5.41, 5.74) is 1.51. The van der Waals surface area contributed by atoms with Gasteiger partial charge in [0.1, 0.15) is 0 Å². The largest absolute Gasteiger partial charge is 0.339 e. The molecule has 0 bridgehead atoms. The first kappa shape index (κ1) is 17.5. The van der Waals surface area contributed by atoms with Crippen LogP contribution in [0.3, 0.4) is 0 Å². The number of benzene rings is 1. The second-order valence-electron chi connectivity index (χ2n) is 6.40. The van der Waals surface area contributed by atoms with Crippen LogP contribution in [0.2, 0.25) is 5.02 Å². The highest BCUT2D eigenvalue weighted by Crippen LogP contribution is 2.28. The first-order valence-electron chi connectivity index (χ1n) is 8.74. The monoisotopic (exact) mass is 383 g/mol. The summed E-state index contributed by atoms with van der Waals surface area (Å²) < 4.78 is 5.44. The van der Waals surface area contributed by atoms with Crippen molar-refractivity contribution in [2.45, 2.75) is 18.8 Å². The number of amides is 2. The van der Waals surface area contributed by atoms with E-state index in [2.05, 4.69) is 20.4 Å². The molecule has 0 atom stereocenters. The average molecular weight is 384 g/mol. The lowest BCUT2D eigenvalue weighted by Crippen LogP contribution is -2.40. The van der Waals surface area contributed by atoms with Crippen LogP contribution in [0.4, 0.5) is 10.5 Å². The lowest BCUT2D eigenvalue weighted by molar-refractivity contribution is 0.187. The standard InChI is InChI=1S/C19H18ClN5O2/c20-15-4-1-5-16(11-15)22-19(26)25-9-6-13(7-10-25)18-23-17(24-27-18)14-3-2-8-21-12-14/h1-5,8,11-13H,6-7,9-10H2,(H,22,26). The molecule has 3 aromatic rings. The molecular weight excluding hydrogens is 366 g/mol. The zero-order valence-corrected chi connectivity index (χ0v) is 15.3. The van der Waals surface area contributed by atoms with Crippen molar-refractivity contribution >= 4 is 23.3 Å². The summed E-state index contributed by atoms with van der Waals surface area (Å²) in [4.78, 5) is 22.8. The smallest absolute Gasteiger partial charge is 0.321 e. The van der Waals surface area contributed by atoms with Crippen LogP contribution >= 0.6 is 11.6 Å². The molecule has 1 saturated heterocycles. The molecule has 2 amide bonds. The van der Waals surface area contributed by atoms with Crippen LogP contribution in [-0.2, 0) is 0 Å². The van der Waals surface area contributed by atoms with Crippen molar-refractivity contribution in [2.75, 3.05) is 18.4 Å². The molecule has 2 aromatic heterocycles. The van der Waals surface area contributed by atoms with E-state index in [1.807, 2.05) is 18.2 Å². The molecule has 1 aliphatic rings. The molecule has 0 saturated carbocycles. The van der Waals surface area contributed by atoms with Crippen LogP contribution < -0.4 is 5.32 Å². The number of pyridine rings is 1. The topological polar surface area (TPSA) is 84.2 Å². The van der Waals surface area contributed by atoms with Crippen molar-refractivity contribution in [3.63, 3.8) is 0 Å². The molecule has 7 nitrogen and oxygen atoms in total. The molecule has 138 valence electrons. The molecule has 0 spiro atoms. The van der Waals surface area contributed by atoms with Crippen molar-refractivity contribution in [3.05, 3.63) is 59.7 Å². The van der Waals surface area contributed by atoms with Gasteiger partial charge in [-0.05, 0) is 43.2 Å². The fraction of sp³-hybridized carbons (Fsp3) is 0.263. The Hall–Kier alpha value is -2.93. The maximum atomic E-state index is 12.4. The highest BCUT2D eigenvalue weighted by molar-refractivity contribution is 6.30. The molecule has 4 rings (SSSR count). The summed E-state index contributed by atoms with van der Waals surface area (Å²) >= 11 is 5.96. The number of aromatic nitrogens is 3. The minimum absolute atomic E-state index is 0.128. The number of carbonyl (C=O) groups is 1. The van der Waals surface area contributed by atoms with E-state index >= 15 is 0 Å². The predicted molar refractivity (Wildman–Crippen MR) is 102 cm³/mol. The summed E-state index contributed by atoms with van der Waals surface area (Å²) in [5.74, 6) is 1.31. The molecule has 1 aliphatic heterocycles. The first-order valence-corrected chi connectivity index (χ1v) is 9.12. The van der Waals surface area contributed by atoms with E-state index in [1.165, 1.54) is 0 Å². The van der Waals surface area contributed by atoms with Crippen LogP contribution in [0, 0.1) is 0 Å². The quantitative estimate of drug-likeness (QED) is 0.732. The van der Waals surface area contributed by atoms with E-state index < -0.39 is 0 Å². The number of hydrogen-bond acceptors (Lipinski definition) is 5. The zero-order chi connectivity index (χ0) is 18.6. The van der Waals surface area contributed by atoms with Gasteiger partial charge in [0.05, 0.1) is 0 Å². The van der Waals surface area contributed by atoms with Gasteiger partial charge in [-0.1, -0.05) is 22.8 Å². The Bertz CT molecular complexity index is 923. The van der Waals surface area contributed by atoms with E-state index in [4.69, 9.17) is 16.1 Å². The van der Waals surface area contributed by atoms with Crippen molar-refractivity contribution in [1.29, 1.82) is 0 Å². The summed E-state index contributed by atoms with van der Waals surface area (Å²) in [6.07, 6.45) is 4.96. The molecule has 1 fully saturated rings. The van der Waals surface area contributed by atoms with Crippen molar-refractivity contribution < 1.29 is 9.32 Å². The van der Waals surface area contributed by atoms with Gasteiger partial charge in [-0.15, -0.1) is 0 Å². The molecule has 27 heavy (non-hydrogen) atoms. The fourth-order valence-corrected chi connectivity index (χ4v) is 3.30. The summed E-state index contributed by atoms with van der Waals surface area (Å²) in [6, 6.07) is 10.7. The Balaban J connectivity index is 1.35. The van der Waals surface area contributed by atoms with Gasteiger partial charge in [0.25, 0.3) is 0 Å². The van der Waals surface area contributed by atoms with E-state index in [0.717, 1.165) is 18.4 Å². The normalized spacial score (nSPS) is 14.9. The number of anilines is 1. The third-order valence-electron chi connectivity index (χ3n) is 4.57. The highest BCUT2D eigenvalue weighted by Gasteiger charge is 2.27. The predicted octanol–water partition coefficient (Wildman–Crippen LogP) is 4.20. The maximum absolute atomic E-state index is 12.4. The number of likely N-dealkylation sites (tertiary alicyclic amines) is 1. The number of nitrogens with one attached hydrogen (secondary N) is 1. The Morgan fingerprint density at radius 1 is 1.22 bits per heavy atom. The summed E-state index contributed by atoms with van der Waals surface area (Å²) in [6.45, 7) is 1.25. The number of carbonyl (C=O) groups excluding carboxylic acids is 1. The second kappa shape index (κ2) is 7.75. The third kappa shape index (κ3) is 4.09. The van der Waals surface area contributed by atoms with Crippen molar-refractivity contribution in [2.24, 2.45) is 0 Å². The van der Waals surface area contributed by atoms with Crippen molar-refractivity contribution in [3.8, 4) is 11.4 Å². The lowest BCUT2D eigenvalue weighted by Gasteiger charge is -2.30. The second-order valence-corrected chi connectivity index (χ2v) is 6.84. The molecule has 1 aromatic carbocycles. The average Bonchev–Trinajstić information content (AvgIpc) is 3.19. The lowest BCUT2D eigenvalue weighted by atomic mass is 9.97. The van der Waals surface area contributed by atoms with Gasteiger partial charge in [-0.2, -0.15) is 4.98 Å². The molecule has 0 unspecified atom stereocenters. The molecule has 1 N–H and O–H groups in total. The Morgan fingerprint density at radius 3 is 2.81 bits per heavy atom. The van der Waals surface area contributed by atoms with Crippen LogP contribution in [0.15, 0.2) is 53.3 Å². The number of nitrogens with zero attached hydrogens (tertiary/aromatic N) is 4. The minimum Gasteiger partial charge on any atom is -0.339 e. The molecule has 8 heteroatoms. The number of piperidine rings is 1. The number of rotatable bonds is 3. The SMILES string of the molecule is O=C(Nc1cccc(Cl)c1)N1CCC(c2nc(-c3cccnc3)no2)CC1. The highest BCUT2D eigenvalue weighted by atomic mass is 35.5. The number of urea groups is 1. The van der Waals surface area contributed by atoms with Gasteiger partial charge in [0, 0.05) is 47.7 Å². The zero-order valence-electron chi connectivity index (χ0n) is 14.5. The van der Waals surface area contributed by atoms with Gasteiger partial charge in [-0.3, -0.25) is 4.98 Å². The van der Waals surface area contributed by atoms with E-state index in [9.17, 15) is 4.79 Å². The summed E-state index contributed by atoms with van der Waals surface area (Å²) in [5, 5.41) is 7.52. The van der Waals surface area contributed by atoms with E-state index in [1.54, 1.807) is 35.5 Å². The van der Waals surface area contributed by atoms with Gasteiger partial charge >= 0.3 is 6.03 Å². The van der Waals surface area contributed by atoms with Crippen LogP contribution in [0.5, 0.6) is 0 Å². The van der Waals surface area contributed by atoms with Gasteiger partial charge in [0.2, 0.25) is 11.7 Å². The van der Waals surface area contributed by atoms with E-state index in [-0.39, 0.29) is 11.9 Å². The molecule has 0 aliphatic carbocycles. The molecule has 3 heterocycles. The molecular formula is C19H18ClN5O2. The summed E-state index contributed by atoms with van der Waals surface area (Å²) in [7, 11) is 0. The van der Waals surface area contributed by atoms with E-state index in [0.29, 0.717) is 35.5 Å². The number of hydrogen-bond donors (Lipinski definition) is 1.